The third-order valence-electron chi connectivity index (χ3n) is 3.30. The van der Waals surface area contributed by atoms with Gasteiger partial charge in [-0.05, 0) is 24.2 Å². The zero-order valence-electron chi connectivity index (χ0n) is 11.5. The maximum Gasteiger partial charge on any atom is 0.418 e. The Kier molecular flexibility index (Phi) is 4.88. The fraction of sp³-hybridized carbons (Fsp3) is 0.571. The van der Waals surface area contributed by atoms with Gasteiger partial charge in [-0.3, -0.25) is 0 Å². The predicted octanol–water partition coefficient (Wildman–Crippen LogP) is 2.65. The van der Waals surface area contributed by atoms with Crippen LogP contribution >= 0.6 is 0 Å². The van der Waals surface area contributed by atoms with E-state index in [0.29, 0.717) is 38.4 Å². The minimum absolute atomic E-state index is 0.251. The maximum absolute atomic E-state index is 13.2. The number of halogens is 3. The molecule has 1 aliphatic rings. The Morgan fingerprint density at radius 2 is 1.95 bits per heavy atom. The van der Waals surface area contributed by atoms with Gasteiger partial charge in [0.05, 0.1) is 18.8 Å². The number of anilines is 1. The van der Waals surface area contributed by atoms with Gasteiger partial charge in [-0.2, -0.15) is 13.2 Å². The third-order valence-corrected chi connectivity index (χ3v) is 3.30. The largest absolute Gasteiger partial charge is 0.418 e. The average molecular weight is 288 g/mol. The van der Waals surface area contributed by atoms with Gasteiger partial charge >= 0.3 is 6.18 Å². The van der Waals surface area contributed by atoms with Crippen LogP contribution in [-0.4, -0.2) is 32.8 Å². The number of rotatable bonds is 4. The highest BCUT2D eigenvalue weighted by Crippen LogP contribution is 2.37. The van der Waals surface area contributed by atoms with Crippen LogP contribution in [0.5, 0.6) is 0 Å². The minimum atomic E-state index is -4.34. The second-order valence-electron chi connectivity index (χ2n) is 4.73. The summed E-state index contributed by atoms with van der Waals surface area (Å²) in [6.45, 7) is 5.03. The lowest BCUT2D eigenvalue weighted by atomic mass is 10.1. The molecule has 0 atom stereocenters. The summed E-state index contributed by atoms with van der Waals surface area (Å²) in [5, 5.41) is 3.04. The number of alkyl halides is 3. The van der Waals surface area contributed by atoms with E-state index in [-0.39, 0.29) is 5.69 Å². The molecule has 0 saturated carbocycles. The molecule has 1 aliphatic heterocycles. The van der Waals surface area contributed by atoms with E-state index in [2.05, 4.69) is 5.32 Å². The average Bonchev–Trinajstić information content (AvgIpc) is 2.45. The highest BCUT2D eigenvalue weighted by molar-refractivity contribution is 5.56. The van der Waals surface area contributed by atoms with Crippen LogP contribution in [0.15, 0.2) is 18.2 Å². The van der Waals surface area contributed by atoms with Crippen molar-refractivity contribution in [2.24, 2.45) is 0 Å². The molecular formula is C14H19F3N2O. The van der Waals surface area contributed by atoms with Crippen LogP contribution in [0.2, 0.25) is 0 Å². The van der Waals surface area contributed by atoms with Crippen LogP contribution in [0.3, 0.4) is 0 Å². The lowest BCUT2D eigenvalue weighted by molar-refractivity contribution is -0.137. The first-order valence-electron chi connectivity index (χ1n) is 6.76. The zero-order valence-corrected chi connectivity index (χ0v) is 11.5. The number of morpholine rings is 1. The maximum atomic E-state index is 13.2. The summed E-state index contributed by atoms with van der Waals surface area (Å²) < 4.78 is 44.9. The predicted molar refractivity (Wildman–Crippen MR) is 71.9 cm³/mol. The van der Waals surface area contributed by atoms with Gasteiger partial charge in [0.15, 0.2) is 0 Å². The second kappa shape index (κ2) is 6.45. The van der Waals surface area contributed by atoms with Crippen LogP contribution in [0.4, 0.5) is 18.9 Å². The molecule has 0 radical (unpaired) electrons. The molecule has 0 unspecified atom stereocenters. The number of nitrogens with one attached hydrogen (secondary N) is 1. The van der Waals surface area contributed by atoms with Gasteiger partial charge < -0.3 is 15.0 Å². The Morgan fingerprint density at radius 3 is 2.55 bits per heavy atom. The van der Waals surface area contributed by atoms with Crippen molar-refractivity contribution >= 4 is 5.69 Å². The summed E-state index contributed by atoms with van der Waals surface area (Å²) in [4.78, 5) is 1.74. The summed E-state index contributed by atoms with van der Waals surface area (Å²) in [6, 6.07) is 4.57. The summed E-state index contributed by atoms with van der Waals surface area (Å²) in [6.07, 6.45) is -4.34. The highest BCUT2D eigenvalue weighted by atomic mass is 19.4. The van der Waals surface area contributed by atoms with Crippen molar-refractivity contribution in [1.29, 1.82) is 0 Å². The molecule has 6 heteroatoms. The van der Waals surface area contributed by atoms with Crippen LogP contribution < -0.4 is 10.2 Å². The van der Waals surface area contributed by atoms with Crippen LogP contribution in [0.25, 0.3) is 0 Å². The summed E-state index contributed by atoms with van der Waals surface area (Å²) in [5.74, 6) is 0. The molecule has 0 aromatic heterocycles. The van der Waals surface area contributed by atoms with Gasteiger partial charge in [0, 0.05) is 25.3 Å². The second-order valence-corrected chi connectivity index (χ2v) is 4.73. The normalized spacial score (nSPS) is 16.5. The quantitative estimate of drug-likeness (QED) is 0.922. The van der Waals surface area contributed by atoms with E-state index >= 15 is 0 Å². The van der Waals surface area contributed by atoms with Gasteiger partial charge in [0.25, 0.3) is 0 Å². The van der Waals surface area contributed by atoms with Crippen LogP contribution in [0, 0.1) is 0 Å². The highest BCUT2D eigenvalue weighted by Gasteiger charge is 2.35. The lowest BCUT2D eigenvalue weighted by Gasteiger charge is -2.31. The molecule has 20 heavy (non-hydrogen) atoms. The van der Waals surface area contributed by atoms with Gasteiger partial charge in [-0.15, -0.1) is 0 Å². The molecule has 1 aromatic carbocycles. The van der Waals surface area contributed by atoms with E-state index in [0.717, 1.165) is 6.54 Å². The first-order valence-corrected chi connectivity index (χ1v) is 6.76. The standard InChI is InChI=1S/C14H19F3N2O/c1-2-18-10-11-3-4-13(12(9-11)14(15,16)17)19-5-7-20-8-6-19/h3-4,9,18H,2,5-8,10H2,1H3. The van der Waals surface area contributed by atoms with Crippen molar-refractivity contribution in [2.75, 3.05) is 37.7 Å². The van der Waals surface area contributed by atoms with Crippen molar-refractivity contribution in [3.05, 3.63) is 29.3 Å². The lowest BCUT2D eigenvalue weighted by Crippen LogP contribution is -2.37. The van der Waals surface area contributed by atoms with E-state index in [1.54, 1.807) is 17.0 Å². The number of benzene rings is 1. The number of hydrogen-bond donors (Lipinski definition) is 1. The molecule has 0 spiro atoms. The molecule has 0 aliphatic carbocycles. The topological polar surface area (TPSA) is 24.5 Å². The number of ether oxygens (including phenoxy) is 1. The fourth-order valence-corrected chi connectivity index (χ4v) is 2.27. The molecule has 0 bridgehead atoms. The molecule has 2 rings (SSSR count). The summed E-state index contributed by atoms with van der Waals surface area (Å²) in [7, 11) is 0. The van der Waals surface area contributed by atoms with Crippen molar-refractivity contribution in [1.82, 2.24) is 5.32 Å². The van der Waals surface area contributed by atoms with Crippen molar-refractivity contribution in [3.8, 4) is 0 Å². The first-order chi connectivity index (χ1) is 9.52. The summed E-state index contributed by atoms with van der Waals surface area (Å²) in [5.41, 5.74) is 0.340. The zero-order chi connectivity index (χ0) is 14.6. The van der Waals surface area contributed by atoms with Crippen LogP contribution in [0.1, 0.15) is 18.1 Å². The number of nitrogens with zero attached hydrogens (tertiary/aromatic N) is 1. The SMILES string of the molecule is CCNCc1ccc(N2CCOCC2)c(C(F)(F)F)c1. The first kappa shape index (κ1) is 15.1. The molecule has 1 N–H and O–H groups in total. The van der Waals surface area contributed by atoms with Crippen molar-refractivity contribution in [2.45, 2.75) is 19.6 Å². The summed E-state index contributed by atoms with van der Waals surface area (Å²) >= 11 is 0. The Balaban J connectivity index is 2.30. The Bertz CT molecular complexity index is 443. The molecule has 3 nitrogen and oxygen atoms in total. The molecule has 1 heterocycles. The fourth-order valence-electron chi connectivity index (χ4n) is 2.27. The van der Waals surface area contributed by atoms with Gasteiger partial charge in [0.1, 0.15) is 0 Å². The van der Waals surface area contributed by atoms with E-state index in [9.17, 15) is 13.2 Å². The van der Waals surface area contributed by atoms with Crippen LogP contribution in [-0.2, 0) is 17.5 Å². The molecular weight excluding hydrogens is 269 g/mol. The van der Waals surface area contributed by atoms with E-state index in [4.69, 9.17) is 4.74 Å². The Labute approximate surface area is 116 Å². The van der Waals surface area contributed by atoms with E-state index in [1.807, 2.05) is 6.92 Å². The van der Waals surface area contributed by atoms with E-state index < -0.39 is 11.7 Å². The van der Waals surface area contributed by atoms with E-state index in [1.165, 1.54) is 6.07 Å². The molecule has 1 fully saturated rings. The van der Waals surface area contributed by atoms with Crippen molar-refractivity contribution < 1.29 is 17.9 Å². The van der Waals surface area contributed by atoms with Crippen molar-refractivity contribution in [3.63, 3.8) is 0 Å². The Morgan fingerprint density at radius 1 is 1.25 bits per heavy atom. The smallest absolute Gasteiger partial charge is 0.378 e. The molecule has 1 saturated heterocycles. The monoisotopic (exact) mass is 288 g/mol. The van der Waals surface area contributed by atoms with Gasteiger partial charge in [0.2, 0.25) is 0 Å². The molecule has 112 valence electrons. The Hall–Kier alpha value is -1.27. The van der Waals surface area contributed by atoms with Gasteiger partial charge in [-0.25, -0.2) is 0 Å². The minimum Gasteiger partial charge on any atom is -0.378 e. The number of hydrogen-bond acceptors (Lipinski definition) is 3. The molecule has 1 aromatic rings. The third kappa shape index (κ3) is 3.64. The van der Waals surface area contributed by atoms with Gasteiger partial charge in [-0.1, -0.05) is 13.0 Å². The molecule has 0 amide bonds.